The minimum Gasteiger partial charge on any atom is -0.506 e. The second-order valence-corrected chi connectivity index (χ2v) is 16.6. The maximum atomic E-state index is 11.9. The number of nitrogen functional groups attached to an aromatic ring is 1. The van der Waals surface area contributed by atoms with Crippen molar-refractivity contribution in [2.24, 2.45) is 20.5 Å². The number of ether oxygens (including phenoxy) is 1. The van der Waals surface area contributed by atoms with E-state index in [9.17, 15) is 50.5 Å². The summed E-state index contributed by atoms with van der Waals surface area (Å²) in [5, 5.41) is 41.8. The number of azo groups is 2. The Morgan fingerprint density at radius 3 is 1.93 bits per heavy atom. The van der Waals surface area contributed by atoms with Gasteiger partial charge in [0, 0.05) is 51.6 Å². The second-order valence-electron chi connectivity index (χ2n) is 12.3. The molecule has 59 heavy (non-hydrogen) atoms. The summed E-state index contributed by atoms with van der Waals surface area (Å²) in [6.07, 6.45) is 2.51. The molecule has 6 aromatic rings. The first-order valence-electron chi connectivity index (χ1n) is 16.4. The molecule has 0 saturated heterocycles. The molecule has 0 amide bonds. The van der Waals surface area contributed by atoms with E-state index >= 15 is 0 Å². The molecule has 0 spiro atoms. The zero-order chi connectivity index (χ0) is 42.0. The molecule has 0 fully saturated rings. The van der Waals surface area contributed by atoms with Gasteiger partial charge in [-0.15, -0.1) is 15.3 Å². The van der Waals surface area contributed by atoms with Crippen LogP contribution in [0.5, 0.6) is 17.2 Å². The van der Waals surface area contributed by atoms with Crippen molar-refractivity contribution >= 4 is 94.6 Å². The van der Waals surface area contributed by atoms with Crippen molar-refractivity contribution in [1.29, 1.82) is 0 Å². The molecule has 0 aliphatic rings. The molecule has 6 rings (SSSR count). The average Bonchev–Trinajstić information content (AvgIpc) is 3.16. The minimum absolute atomic E-state index is 0. The van der Waals surface area contributed by atoms with E-state index in [0.717, 1.165) is 23.9 Å². The van der Waals surface area contributed by atoms with Crippen LogP contribution in [0.25, 0.3) is 22.9 Å². The van der Waals surface area contributed by atoms with Crippen molar-refractivity contribution in [3.05, 3.63) is 114 Å². The molecule has 0 aliphatic carbocycles. The third-order valence-electron chi connectivity index (χ3n) is 8.27. The molecule has 0 bridgehead atoms. The van der Waals surface area contributed by atoms with E-state index in [1.807, 2.05) is 30.3 Å². The van der Waals surface area contributed by atoms with Crippen molar-refractivity contribution in [1.82, 2.24) is 0 Å². The zero-order valence-corrected chi connectivity index (χ0v) is 33.5. The summed E-state index contributed by atoms with van der Waals surface area (Å²) >= 11 is 0. The molecular weight excluding hydrogens is 880 g/mol. The summed E-state index contributed by atoms with van der Waals surface area (Å²) in [4.78, 5) is -1.44. The third kappa shape index (κ3) is 10.5. The number of phenolic OH excluding ortho intramolecular Hbond substituents is 2. The Labute approximate surface area is 350 Å². The SMILES string of the molecule is COc1cc(N=Nc2c(S(O)(O)O)cc3cc(Nc4ccccc4)ccc3c2O)c(O)cc1N=Nc1ccc(C=Cc2ccc(N)cc2S(=O)(=O)O)c(S(O)(O)O)c1.[Cu]. The van der Waals surface area contributed by atoms with Gasteiger partial charge in [-0.05, 0) is 77.2 Å². The largest absolute Gasteiger partial charge is 0.506 e. The molecule has 6 aromatic carbocycles. The van der Waals surface area contributed by atoms with Crippen LogP contribution in [-0.4, -0.2) is 57.6 Å². The van der Waals surface area contributed by atoms with Crippen molar-refractivity contribution in [2.45, 2.75) is 14.7 Å². The number of phenols is 2. The number of anilines is 3. The Balaban J connectivity index is 0.00000661. The van der Waals surface area contributed by atoms with Gasteiger partial charge < -0.3 is 53.3 Å². The molecule has 0 atom stereocenters. The Morgan fingerprint density at radius 2 is 1.29 bits per heavy atom. The molecule has 0 unspecified atom stereocenters. The molecule has 12 N–H and O–H groups in total. The number of hydrogen-bond donors (Lipinski definition) is 11. The summed E-state index contributed by atoms with van der Waals surface area (Å²) < 4.78 is 100. The van der Waals surface area contributed by atoms with E-state index in [0.29, 0.717) is 11.1 Å². The molecule has 0 heterocycles. The van der Waals surface area contributed by atoms with Gasteiger partial charge in [0.2, 0.25) is 0 Å². The number of hydrogen-bond acceptors (Lipinski definition) is 17. The summed E-state index contributed by atoms with van der Waals surface area (Å²) in [6, 6.07) is 25.1. The van der Waals surface area contributed by atoms with E-state index in [4.69, 9.17) is 10.5 Å². The van der Waals surface area contributed by atoms with Gasteiger partial charge in [-0.1, -0.05) is 42.5 Å². The van der Waals surface area contributed by atoms with Gasteiger partial charge in [-0.25, -0.2) is 0 Å². The molecule has 22 heteroatoms. The fourth-order valence-corrected chi connectivity index (χ4v) is 7.69. The Morgan fingerprint density at radius 1 is 0.644 bits per heavy atom. The molecule has 0 aliphatic heterocycles. The number of nitrogens with two attached hydrogens (primary N) is 1. The van der Waals surface area contributed by atoms with Gasteiger partial charge >= 0.3 is 0 Å². The van der Waals surface area contributed by atoms with Crippen LogP contribution in [0.2, 0.25) is 0 Å². The van der Waals surface area contributed by atoms with Crippen molar-refractivity contribution in [3.8, 4) is 17.2 Å². The second kappa shape index (κ2) is 17.7. The maximum Gasteiger partial charge on any atom is 0.295 e. The van der Waals surface area contributed by atoms with E-state index in [-0.39, 0.29) is 62.1 Å². The van der Waals surface area contributed by atoms with Crippen LogP contribution in [-0.2, 0) is 27.2 Å². The van der Waals surface area contributed by atoms with Crippen LogP contribution in [0, 0.1) is 0 Å². The minimum atomic E-state index is -4.67. The normalized spacial score (nSPS) is 12.9. The number of aromatic hydroxyl groups is 2. The van der Waals surface area contributed by atoms with Gasteiger partial charge in [0.05, 0.1) is 22.6 Å². The topological polar surface area (TPSA) is 313 Å². The molecular formula is C37H34CuN6O12S3. The van der Waals surface area contributed by atoms with Crippen molar-refractivity contribution < 1.29 is 72.3 Å². The van der Waals surface area contributed by atoms with Gasteiger partial charge in [0.25, 0.3) is 10.1 Å². The number of methoxy groups -OCH3 is 1. The first-order chi connectivity index (χ1) is 27.3. The predicted molar refractivity (Wildman–Crippen MR) is 222 cm³/mol. The van der Waals surface area contributed by atoms with E-state index in [1.165, 1.54) is 55.7 Å². The predicted octanol–water partition coefficient (Wildman–Crippen LogP) is 11.0. The van der Waals surface area contributed by atoms with Crippen LogP contribution in [0.1, 0.15) is 11.1 Å². The number of nitrogens with zero attached hydrogens (tertiary/aromatic N) is 4. The van der Waals surface area contributed by atoms with Gasteiger partial charge in [0.15, 0.2) is 5.75 Å². The maximum absolute atomic E-state index is 11.9. The number of rotatable bonds is 12. The van der Waals surface area contributed by atoms with Gasteiger partial charge in [-0.2, -0.15) is 13.5 Å². The van der Waals surface area contributed by atoms with E-state index < -0.39 is 63.7 Å². The Hall–Kier alpha value is -5.59. The average molecular weight is 914 g/mol. The van der Waals surface area contributed by atoms with Crippen LogP contribution >= 0.6 is 21.7 Å². The molecule has 18 nitrogen and oxygen atoms in total. The summed E-state index contributed by atoms with van der Waals surface area (Å²) in [5.41, 5.74) is 6.36. The monoisotopic (exact) mass is 913 g/mol. The molecule has 0 aromatic heterocycles. The zero-order valence-electron chi connectivity index (χ0n) is 30.1. The first kappa shape index (κ1) is 44.5. The van der Waals surface area contributed by atoms with E-state index in [2.05, 4.69) is 25.8 Å². The Kier molecular flexibility index (Phi) is 13.4. The number of nitrogens with one attached hydrogen (secondary N) is 1. The first-order valence-corrected chi connectivity index (χ1v) is 20.8. The Bertz CT molecular complexity index is 2750. The smallest absolute Gasteiger partial charge is 0.295 e. The molecule has 0 saturated carbocycles. The van der Waals surface area contributed by atoms with Gasteiger partial charge in [-0.3, -0.25) is 4.55 Å². The summed E-state index contributed by atoms with van der Waals surface area (Å²) in [6.45, 7) is 0. The third-order valence-corrected chi connectivity index (χ3v) is 11.0. The molecule has 313 valence electrons. The fraction of sp³-hybridized carbons (Fsp3) is 0.0270. The fourth-order valence-electron chi connectivity index (χ4n) is 5.56. The number of benzene rings is 6. The van der Waals surface area contributed by atoms with Crippen molar-refractivity contribution in [2.75, 3.05) is 18.2 Å². The molecule has 1 radical (unpaired) electrons. The number of para-hydroxylation sites is 1. The number of fused-ring (bicyclic) bond motifs is 1. The van der Waals surface area contributed by atoms with Crippen LogP contribution in [0.15, 0.2) is 138 Å². The van der Waals surface area contributed by atoms with Gasteiger partial charge in [0.1, 0.15) is 55.2 Å². The van der Waals surface area contributed by atoms with Crippen LogP contribution < -0.4 is 15.8 Å². The van der Waals surface area contributed by atoms with Crippen LogP contribution in [0.3, 0.4) is 0 Å². The summed E-state index contributed by atoms with van der Waals surface area (Å²) in [7, 11) is -12.2. The van der Waals surface area contributed by atoms with Crippen molar-refractivity contribution in [3.63, 3.8) is 0 Å². The van der Waals surface area contributed by atoms with Crippen LogP contribution in [0.4, 0.5) is 39.8 Å². The van der Waals surface area contributed by atoms with E-state index in [1.54, 1.807) is 18.2 Å². The standard InChI is InChI=1S/C37H34N6O12S3.Cu/c1-55-32-20-29(41-43-36-35(58(52,53)54)16-23-15-26(13-14-28(23)37(36)45)39-25-5-3-2-4-6-25)31(44)19-30(32)42-40-27-12-10-22(34(18-27)57(49,50)51)8-7-21-9-11-24(38)17-33(21)56(46,47)48;/h2-20,39,44-45,49-54H,38H2,1H3,(H,46,47,48);. The summed E-state index contributed by atoms with van der Waals surface area (Å²) in [5.74, 6) is -1.07. The quantitative estimate of drug-likeness (QED) is 0.0179.